The molecular formula is C57H53FN6O13. The number of aromatic nitrogens is 2. The maximum absolute atomic E-state index is 13.3. The Morgan fingerprint density at radius 3 is 1.53 bits per heavy atom. The second kappa shape index (κ2) is 28.9. The molecule has 0 aliphatic rings. The number of hydrogen-bond acceptors (Lipinski definition) is 13. The lowest BCUT2D eigenvalue weighted by atomic mass is 10.0. The summed E-state index contributed by atoms with van der Waals surface area (Å²) in [5, 5.41) is 31.5. The van der Waals surface area contributed by atoms with Gasteiger partial charge >= 0.3 is 11.9 Å². The molecule has 0 saturated heterocycles. The fourth-order valence-electron chi connectivity index (χ4n) is 7.03. The number of carboxylic acid groups (broad SMARTS) is 2. The summed E-state index contributed by atoms with van der Waals surface area (Å²) < 4.78 is 21.2. The van der Waals surface area contributed by atoms with E-state index in [2.05, 4.69) is 36.1 Å². The zero-order valence-electron chi connectivity index (χ0n) is 41.2. The normalized spacial score (nSPS) is 10.8. The van der Waals surface area contributed by atoms with Crippen molar-refractivity contribution in [2.24, 2.45) is 0 Å². The molecule has 77 heavy (non-hydrogen) atoms. The summed E-state index contributed by atoms with van der Waals surface area (Å²) in [6, 6.07) is 42.6. The Morgan fingerprint density at radius 2 is 1.09 bits per heavy atom. The number of halogens is 1. The SMILES string of the molecule is Cc1ccc2[nH]c(C(=O)CCc3ccc(C(=O)Nc4ccccc4N)cc3)cc2c1.Nc1ccccc1NC(=O)c1ccc(CCC(=O)c2cc3cc(F)ccc3[nH]2)cc1.O=CO/C=C\C(=O)O.O=COCC(O)C(=O)O. The molecule has 396 valence electrons. The van der Waals surface area contributed by atoms with E-state index in [0.29, 0.717) is 82.4 Å². The Kier molecular flexibility index (Phi) is 21.6. The van der Waals surface area contributed by atoms with Gasteiger partial charge in [-0.3, -0.25) is 28.8 Å². The predicted molar refractivity (Wildman–Crippen MR) is 287 cm³/mol. The van der Waals surface area contributed by atoms with E-state index in [1.807, 2.05) is 61.5 Å². The number of benzene rings is 6. The number of nitrogen functional groups attached to an aromatic ring is 2. The highest BCUT2D eigenvalue weighted by Crippen LogP contribution is 2.22. The first-order valence-electron chi connectivity index (χ1n) is 23.3. The molecular weight excluding hydrogens is 996 g/mol. The number of rotatable bonds is 19. The Labute approximate surface area is 439 Å². The van der Waals surface area contributed by atoms with E-state index in [-0.39, 0.29) is 42.1 Å². The van der Waals surface area contributed by atoms with Crippen molar-refractivity contribution < 1.29 is 67.5 Å². The molecule has 0 bridgehead atoms. The largest absolute Gasteiger partial charge is 0.479 e. The van der Waals surface area contributed by atoms with Crippen molar-refractivity contribution in [1.29, 1.82) is 0 Å². The van der Waals surface area contributed by atoms with E-state index in [0.717, 1.165) is 33.8 Å². The highest BCUT2D eigenvalue weighted by atomic mass is 19.1. The minimum atomic E-state index is -1.62. The molecule has 0 aliphatic heterocycles. The van der Waals surface area contributed by atoms with E-state index in [1.165, 1.54) is 17.7 Å². The molecule has 2 aromatic heterocycles. The molecule has 2 heterocycles. The number of hydrogen-bond donors (Lipinski definition) is 9. The fraction of sp³-hybridized carbons (Fsp3) is 0.123. The van der Waals surface area contributed by atoms with Crippen LogP contribution in [0.1, 0.15) is 71.2 Å². The number of ether oxygens (including phenoxy) is 2. The minimum absolute atomic E-state index is 0.0482. The summed E-state index contributed by atoms with van der Waals surface area (Å²) in [6.07, 6.45) is 1.75. The van der Waals surface area contributed by atoms with Crippen LogP contribution in [0.25, 0.3) is 21.8 Å². The number of carbonyl (C=O) groups is 8. The number of aliphatic hydroxyl groups is 1. The van der Waals surface area contributed by atoms with Gasteiger partial charge in [-0.1, -0.05) is 60.2 Å². The topological polar surface area (TPSA) is 323 Å². The van der Waals surface area contributed by atoms with Crippen molar-refractivity contribution >= 4 is 92.8 Å². The molecule has 8 aromatic rings. The van der Waals surface area contributed by atoms with Crippen molar-refractivity contribution in [2.75, 3.05) is 28.7 Å². The summed E-state index contributed by atoms with van der Waals surface area (Å²) >= 11 is 0. The van der Waals surface area contributed by atoms with Crippen LogP contribution in [0.2, 0.25) is 0 Å². The first-order chi connectivity index (χ1) is 36.9. The van der Waals surface area contributed by atoms with Crippen molar-refractivity contribution in [3.8, 4) is 0 Å². The van der Waals surface area contributed by atoms with Crippen LogP contribution in [0.5, 0.6) is 0 Å². The summed E-state index contributed by atoms with van der Waals surface area (Å²) in [5.41, 5.74) is 20.9. The number of amides is 2. The van der Waals surface area contributed by atoms with Crippen LogP contribution in [-0.2, 0) is 41.5 Å². The van der Waals surface area contributed by atoms with E-state index in [1.54, 1.807) is 72.8 Å². The molecule has 0 saturated carbocycles. The Bertz CT molecular complexity index is 3190. The lowest BCUT2D eigenvalue weighted by Crippen LogP contribution is -2.24. The van der Waals surface area contributed by atoms with Gasteiger partial charge in [0.05, 0.1) is 40.2 Å². The molecule has 0 aliphatic carbocycles. The number of anilines is 4. The Balaban J connectivity index is 0.000000219. The number of carboxylic acids is 2. The molecule has 1 unspecified atom stereocenters. The van der Waals surface area contributed by atoms with E-state index >= 15 is 0 Å². The molecule has 1 atom stereocenters. The van der Waals surface area contributed by atoms with Gasteiger partial charge in [0.2, 0.25) is 0 Å². The summed E-state index contributed by atoms with van der Waals surface area (Å²) in [6.45, 7) is 1.75. The van der Waals surface area contributed by atoms with Gasteiger partial charge in [-0.05, 0) is 122 Å². The predicted octanol–water partition coefficient (Wildman–Crippen LogP) is 8.45. The van der Waals surface area contributed by atoms with Gasteiger partial charge in [-0.25, -0.2) is 14.0 Å². The Hall–Kier alpha value is -10.2. The Morgan fingerprint density at radius 1 is 0.623 bits per heavy atom. The average Bonchev–Trinajstić information content (AvgIpc) is 4.05. The standard InChI is InChI=1S/C25H23N3O2.C24H20FN3O2.C4H6O5.C4H4O4/c1-16-6-12-21-19(14-16)15-23(27-21)24(29)13-9-17-7-10-18(11-8-17)25(30)28-22-5-3-2-4-20(22)26;25-18-10-11-20-17(13-18)14-22(27-20)23(29)12-7-15-5-8-16(9-6-15)24(30)28-21-4-2-1-3-19(21)26;5-2-9-1-3(6)4(7)8;5-3-8-2-1-4(6)7/h2-8,10-12,14-15,27H,9,13,26H2,1H3,(H,28,30);1-6,8-11,13-14,27H,7,12,26H2,(H,28,30);2-3,6H,1H2,(H,7,8);1-3H,(H,6,7)/b;;;2-1-. The van der Waals surface area contributed by atoms with Gasteiger partial charge in [-0.15, -0.1) is 0 Å². The molecule has 0 radical (unpaired) electrons. The monoisotopic (exact) mass is 1050 g/mol. The molecule has 6 aromatic carbocycles. The molecule has 2 amide bonds. The fourth-order valence-corrected chi connectivity index (χ4v) is 7.03. The molecule has 19 nitrogen and oxygen atoms in total. The zero-order chi connectivity index (χ0) is 55.9. The molecule has 0 spiro atoms. The van der Waals surface area contributed by atoms with Crippen LogP contribution in [0.3, 0.4) is 0 Å². The van der Waals surface area contributed by atoms with Gasteiger partial charge in [0.1, 0.15) is 18.7 Å². The second-order valence-corrected chi connectivity index (χ2v) is 16.7. The summed E-state index contributed by atoms with van der Waals surface area (Å²) in [7, 11) is 0. The van der Waals surface area contributed by atoms with Crippen LogP contribution in [-0.4, -0.2) is 86.3 Å². The molecule has 8 rings (SSSR count). The van der Waals surface area contributed by atoms with E-state index in [4.69, 9.17) is 26.8 Å². The van der Waals surface area contributed by atoms with Crippen LogP contribution in [0, 0.1) is 12.7 Å². The van der Waals surface area contributed by atoms with E-state index < -0.39 is 24.6 Å². The summed E-state index contributed by atoms with van der Waals surface area (Å²) in [5.74, 6) is -3.33. The first-order valence-corrected chi connectivity index (χ1v) is 23.3. The molecule has 0 fully saturated rings. The van der Waals surface area contributed by atoms with Gasteiger partial charge < -0.3 is 56.9 Å². The van der Waals surface area contributed by atoms with Gasteiger partial charge in [0.15, 0.2) is 17.7 Å². The average molecular weight is 1050 g/mol. The van der Waals surface area contributed by atoms with Gasteiger partial charge in [0.25, 0.3) is 24.8 Å². The third kappa shape index (κ3) is 18.3. The van der Waals surface area contributed by atoms with Crippen molar-refractivity contribution in [1.82, 2.24) is 9.97 Å². The van der Waals surface area contributed by atoms with Crippen LogP contribution in [0.15, 0.2) is 158 Å². The lowest BCUT2D eigenvalue weighted by molar-refractivity contribution is -0.151. The molecule has 20 heteroatoms. The minimum Gasteiger partial charge on any atom is -0.479 e. The van der Waals surface area contributed by atoms with Gasteiger partial charge in [-0.2, -0.15) is 0 Å². The van der Waals surface area contributed by atoms with Crippen LogP contribution in [0.4, 0.5) is 27.1 Å². The third-order valence-electron chi connectivity index (χ3n) is 11.0. The number of nitrogens with one attached hydrogen (secondary N) is 4. The first kappa shape index (κ1) is 57.7. The van der Waals surface area contributed by atoms with Crippen LogP contribution < -0.4 is 22.1 Å². The number of fused-ring (bicyclic) bond motifs is 2. The number of ketones is 2. The number of Topliss-reactive ketones (excluding diaryl/α,β-unsaturated/α-hetero) is 2. The van der Waals surface area contributed by atoms with Gasteiger partial charge in [0, 0.05) is 45.8 Å². The molecule has 11 N–H and O–H groups in total. The smallest absolute Gasteiger partial charge is 0.336 e. The summed E-state index contributed by atoms with van der Waals surface area (Å²) in [4.78, 5) is 94.2. The number of aliphatic hydroxyl groups excluding tert-OH is 1. The number of aliphatic carboxylic acids is 2. The second-order valence-electron chi connectivity index (χ2n) is 16.7. The number of nitrogens with two attached hydrogens (primary N) is 2. The quantitative estimate of drug-likeness (QED) is 0.0121. The number of aryl methyl sites for hydroxylation is 3. The maximum atomic E-state index is 13.3. The third-order valence-corrected chi connectivity index (χ3v) is 11.0. The highest BCUT2D eigenvalue weighted by Gasteiger charge is 2.15. The maximum Gasteiger partial charge on any atom is 0.336 e. The number of H-pyrrole nitrogens is 2. The highest BCUT2D eigenvalue weighted by molar-refractivity contribution is 6.07. The number of para-hydroxylation sites is 4. The van der Waals surface area contributed by atoms with Crippen LogP contribution >= 0.6 is 0 Å². The zero-order valence-corrected chi connectivity index (χ0v) is 41.2. The number of aromatic amines is 2. The van der Waals surface area contributed by atoms with E-state index in [9.17, 15) is 42.7 Å². The van der Waals surface area contributed by atoms with Crippen molar-refractivity contribution in [3.63, 3.8) is 0 Å². The van der Waals surface area contributed by atoms with Crippen molar-refractivity contribution in [3.05, 3.63) is 203 Å². The number of carbonyl (C=O) groups excluding carboxylic acids is 6. The lowest BCUT2D eigenvalue weighted by Gasteiger charge is -2.08. The van der Waals surface area contributed by atoms with Crippen molar-refractivity contribution in [2.45, 2.75) is 38.7 Å².